The third-order valence-electron chi connectivity index (χ3n) is 5.49. The number of anilines is 1. The van der Waals surface area contributed by atoms with Crippen LogP contribution in [0.4, 0.5) is 5.69 Å². The number of amides is 1. The number of hydrogen-bond acceptors (Lipinski definition) is 3. The first kappa shape index (κ1) is 21.1. The zero-order chi connectivity index (χ0) is 21.8. The van der Waals surface area contributed by atoms with Crippen LogP contribution in [0.3, 0.4) is 0 Å². The highest BCUT2D eigenvalue weighted by atomic mass is 35.5. The smallest absolute Gasteiger partial charge is 0.252 e. The largest absolute Gasteiger partial charge is 0.508 e. The molecular weight excluding hydrogens is 408 g/mol. The average Bonchev–Trinajstić information content (AvgIpc) is 2.89. The summed E-state index contributed by atoms with van der Waals surface area (Å²) in [6.07, 6.45) is 2.41. The van der Waals surface area contributed by atoms with Crippen molar-refractivity contribution in [2.45, 2.75) is 32.2 Å². The molecule has 4 rings (SSSR count). The molecule has 1 unspecified atom stereocenters. The van der Waals surface area contributed by atoms with Crippen LogP contribution in [-0.4, -0.2) is 29.3 Å². The molecule has 0 radical (unpaired) electrons. The van der Waals surface area contributed by atoms with Crippen LogP contribution in [-0.2, 0) is 11.2 Å². The first-order valence-corrected chi connectivity index (χ1v) is 11.0. The molecule has 1 aliphatic rings. The van der Waals surface area contributed by atoms with Gasteiger partial charge in [-0.25, -0.2) is 0 Å². The number of nitrogens with zero attached hydrogens (tertiary/aromatic N) is 2. The lowest BCUT2D eigenvalue weighted by molar-refractivity contribution is -0.119. The number of hydrogen-bond donors (Lipinski definition) is 1. The minimum absolute atomic E-state index is 0.00495. The van der Waals surface area contributed by atoms with Crippen LogP contribution in [0.15, 0.2) is 77.8 Å². The van der Waals surface area contributed by atoms with Crippen LogP contribution in [0.5, 0.6) is 5.75 Å². The maximum absolute atomic E-state index is 13.7. The Balaban J connectivity index is 1.87. The molecule has 0 aliphatic carbocycles. The number of carbonyl (C=O) groups excluding carboxylic acids is 1. The molecule has 5 heteroatoms. The van der Waals surface area contributed by atoms with E-state index in [1.807, 2.05) is 65.6 Å². The number of carbonyl (C=O) groups is 1. The predicted molar refractivity (Wildman–Crippen MR) is 126 cm³/mol. The Morgan fingerprint density at radius 1 is 1.03 bits per heavy atom. The van der Waals surface area contributed by atoms with Gasteiger partial charge in [-0.15, -0.1) is 0 Å². The highest BCUT2D eigenvalue weighted by molar-refractivity contribution is 6.32. The van der Waals surface area contributed by atoms with Crippen molar-refractivity contribution >= 4 is 28.9 Å². The van der Waals surface area contributed by atoms with Gasteiger partial charge in [0, 0.05) is 29.1 Å². The van der Waals surface area contributed by atoms with E-state index in [-0.39, 0.29) is 11.7 Å². The van der Waals surface area contributed by atoms with Gasteiger partial charge in [0.15, 0.2) is 0 Å². The first-order chi connectivity index (χ1) is 15.1. The molecule has 1 aliphatic heterocycles. The van der Waals surface area contributed by atoms with E-state index in [0.717, 1.165) is 35.2 Å². The average molecular weight is 433 g/mol. The summed E-state index contributed by atoms with van der Waals surface area (Å²) in [5, 5.41) is 10.3. The van der Waals surface area contributed by atoms with Crippen molar-refractivity contribution < 1.29 is 9.90 Å². The fourth-order valence-electron chi connectivity index (χ4n) is 3.88. The summed E-state index contributed by atoms with van der Waals surface area (Å²) in [7, 11) is 0. The lowest BCUT2D eigenvalue weighted by Gasteiger charge is -2.25. The Labute approximate surface area is 187 Å². The standard InChI is InChI=1S/C26H25ClN2O2/c1-2-3-15-29-24-14-11-20(27)17-22(24)25(19-9-12-21(30)13-10-19)28-23(26(29)31)16-18-7-5-4-6-8-18/h4-14,17,23,30H,2-3,15-16H2,1H3. The molecule has 4 nitrogen and oxygen atoms in total. The maximum atomic E-state index is 13.7. The molecule has 3 aromatic rings. The van der Waals surface area contributed by atoms with Crippen molar-refractivity contribution in [2.24, 2.45) is 4.99 Å². The molecule has 0 bridgehead atoms. The van der Waals surface area contributed by atoms with E-state index in [1.54, 1.807) is 12.1 Å². The number of phenolic OH excluding ortho intramolecular Hbond substituents is 1. The molecule has 0 aromatic heterocycles. The van der Waals surface area contributed by atoms with Crippen LogP contribution in [0.1, 0.15) is 36.5 Å². The number of fused-ring (bicyclic) bond motifs is 1. The van der Waals surface area contributed by atoms with Crippen molar-refractivity contribution in [1.82, 2.24) is 0 Å². The van der Waals surface area contributed by atoms with E-state index < -0.39 is 6.04 Å². The molecule has 0 spiro atoms. The third-order valence-corrected chi connectivity index (χ3v) is 5.72. The monoisotopic (exact) mass is 432 g/mol. The summed E-state index contributed by atoms with van der Waals surface area (Å²) in [5.41, 5.74) is 4.27. The summed E-state index contributed by atoms with van der Waals surface area (Å²) >= 11 is 6.36. The van der Waals surface area contributed by atoms with Gasteiger partial charge in [0.2, 0.25) is 0 Å². The third kappa shape index (κ3) is 4.64. The number of aliphatic imine (C=N–C) groups is 1. The Morgan fingerprint density at radius 2 is 1.77 bits per heavy atom. The predicted octanol–water partition coefficient (Wildman–Crippen LogP) is 5.64. The zero-order valence-corrected chi connectivity index (χ0v) is 18.2. The molecular formula is C26H25ClN2O2. The zero-order valence-electron chi connectivity index (χ0n) is 17.5. The summed E-state index contributed by atoms with van der Waals surface area (Å²) in [4.78, 5) is 20.5. The van der Waals surface area contributed by atoms with Gasteiger partial charge in [0.05, 0.1) is 11.4 Å². The van der Waals surface area contributed by atoms with Gasteiger partial charge in [0.25, 0.3) is 5.91 Å². The molecule has 1 N–H and O–H groups in total. The molecule has 158 valence electrons. The maximum Gasteiger partial charge on any atom is 0.252 e. The van der Waals surface area contributed by atoms with Crippen molar-refractivity contribution in [3.8, 4) is 5.75 Å². The molecule has 3 aromatic carbocycles. The van der Waals surface area contributed by atoms with Crippen molar-refractivity contribution in [2.75, 3.05) is 11.4 Å². The molecule has 0 saturated heterocycles. The Kier molecular flexibility index (Phi) is 6.38. The summed E-state index contributed by atoms with van der Waals surface area (Å²) in [6, 6.07) is 21.9. The quantitative estimate of drug-likeness (QED) is 0.547. The fourth-order valence-corrected chi connectivity index (χ4v) is 4.05. The van der Waals surface area contributed by atoms with Crippen LogP contribution >= 0.6 is 11.6 Å². The Hall–Kier alpha value is -3.11. The van der Waals surface area contributed by atoms with Gasteiger partial charge in [0.1, 0.15) is 11.8 Å². The Morgan fingerprint density at radius 3 is 2.48 bits per heavy atom. The summed E-state index contributed by atoms with van der Waals surface area (Å²) in [6.45, 7) is 2.75. The second-order valence-corrected chi connectivity index (χ2v) is 8.17. The van der Waals surface area contributed by atoms with E-state index in [1.165, 1.54) is 0 Å². The van der Waals surface area contributed by atoms with Gasteiger partial charge < -0.3 is 10.0 Å². The normalized spacial score (nSPS) is 15.9. The SMILES string of the molecule is CCCCN1C(=O)C(Cc2ccccc2)N=C(c2ccc(O)cc2)c2cc(Cl)ccc21. The lowest BCUT2D eigenvalue weighted by Crippen LogP contribution is -2.39. The van der Waals surface area contributed by atoms with Gasteiger partial charge in [-0.1, -0.05) is 55.3 Å². The van der Waals surface area contributed by atoms with E-state index in [9.17, 15) is 9.90 Å². The molecule has 31 heavy (non-hydrogen) atoms. The first-order valence-electron chi connectivity index (χ1n) is 10.6. The molecule has 0 fully saturated rings. The number of benzodiazepines with no additional fused rings is 1. The van der Waals surface area contributed by atoms with Gasteiger partial charge in [-0.05, 0) is 54.4 Å². The molecule has 1 atom stereocenters. The second kappa shape index (κ2) is 9.36. The molecule has 0 saturated carbocycles. The van der Waals surface area contributed by atoms with Crippen LogP contribution < -0.4 is 4.90 Å². The van der Waals surface area contributed by atoms with Crippen LogP contribution in [0.25, 0.3) is 0 Å². The summed E-state index contributed by atoms with van der Waals surface area (Å²) < 4.78 is 0. The number of aromatic hydroxyl groups is 1. The van der Waals surface area contributed by atoms with Gasteiger partial charge >= 0.3 is 0 Å². The van der Waals surface area contributed by atoms with Gasteiger partial charge in [-0.2, -0.15) is 0 Å². The van der Waals surface area contributed by atoms with E-state index in [4.69, 9.17) is 16.6 Å². The number of rotatable bonds is 6. The highest BCUT2D eigenvalue weighted by Crippen LogP contribution is 2.32. The van der Waals surface area contributed by atoms with Crippen LogP contribution in [0.2, 0.25) is 5.02 Å². The van der Waals surface area contributed by atoms with Crippen molar-refractivity contribution in [3.05, 3.63) is 94.5 Å². The molecule has 1 amide bonds. The minimum Gasteiger partial charge on any atom is -0.508 e. The topological polar surface area (TPSA) is 52.9 Å². The fraction of sp³-hybridized carbons (Fsp3) is 0.231. The summed E-state index contributed by atoms with van der Waals surface area (Å²) in [5.74, 6) is 0.181. The lowest BCUT2D eigenvalue weighted by atomic mass is 10.00. The number of phenols is 1. The van der Waals surface area contributed by atoms with E-state index >= 15 is 0 Å². The van der Waals surface area contributed by atoms with Crippen molar-refractivity contribution in [3.63, 3.8) is 0 Å². The van der Waals surface area contributed by atoms with Crippen molar-refractivity contribution in [1.29, 1.82) is 0 Å². The number of halogens is 1. The minimum atomic E-state index is -0.547. The number of benzene rings is 3. The highest BCUT2D eigenvalue weighted by Gasteiger charge is 2.32. The van der Waals surface area contributed by atoms with E-state index in [2.05, 4.69) is 6.92 Å². The van der Waals surface area contributed by atoms with Crippen LogP contribution in [0, 0.1) is 0 Å². The number of unbranched alkanes of at least 4 members (excludes halogenated alkanes) is 1. The molecule has 1 heterocycles. The Bertz CT molecular complexity index is 1090. The van der Waals surface area contributed by atoms with Gasteiger partial charge in [-0.3, -0.25) is 9.79 Å². The van der Waals surface area contributed by atoms with E-state index in [0.29, 0.717) is 23.7 Å². The second-order valence-electron chi connectivity index (χ2n) is 7.74.